The number of nitrogens with one attached hydrogen (secondary N) is 4. The first-order valence-corrected chi connectivity index (χ1v) is 15.4. The molecular formula is C33H52N4OS. The Morgan fingerprint density at radius 3 is 2.23 bits per heavy atom. The third kappa shape index (κ3) is 12.0. The van der Waals surface area contributed by atoms with Crippen LogP contribution in [0.15, 0.2) is 72.2 Å². The molecule has 2 aromatic rings. The molecule has 0 amide bonds. The van der Waals surface area contributed by atoms with Crippen LogP contribution in [-0.2, 0) is 17.9 Å². The van der Waals surface area contributed by atoms with Crippen molar-refractivity contribution in [1.29, 1.82) is 0 Å². The Balaban J connectivity index is 0.000000277. The van der Waals surface area contributed by atoms with Gasteiger partial charge in [-0.3, -0.25) is 0 Å². The van der Waals surface area contributed by atoms with Crippen LogP contribution in [0.3, 0.4) is 0 Å². The molecule has 1 atom stereocenters. The summed E-state index contributed by atoms with van der Waals surface area (Å²) in [7, 11) is 1.71. The van der Waals surface area contributed by atoms with E-state index in [1.165, 1.54) is 46.4 Å². The monoisotopic (exact) mass is 552 g/mol. The standard InChI is InChI=1S/C18H28N2S.C15H24N2O/c1-5-21-17-9-10-18(15-7-6-8-15)16(11-17)12-19-14(4)20-13(2)3;1-11(2)16-13(4)17-12(3)15-8-6-7-14(9-15)10-18-5/h9-11,13,15,19-20H,4-8,12H2,1-3H3;6-9,11-12,16-17H,4,10H2,1-3,5H3. The SMILES string of the molecule is C=C(NC(C)C)NC(C)c1cccc(COC)c1.C=C(NCc1cc(SCC)ccc1C1CCC1)NC(C)C. The Labute approximate surface area is 242 Å². The third-order valence-corrected chi connectivity index (χ3v) is 7.42. The second-order valence-electron chi connectivity index (χ2n) is 10.9. The van der Waals surface area contributed by atoms with E-state index in [2.05, 4.69) is 118 Å². The molecule has 0 saturated heterocycles. The number of hydrogen-bond acceptors (Lipinski definition) is 6. The van der Waals surface area contributed by atoms with Gasteiger partial charge < -0.3 is 26.0 Å². The van der Waals surface area contributed by atoms with E-state index in [9.17, 15) is 0 Å². The summed E-state index contributed by atoms with van der Waals surface area (Å²) in [5.41, 5.74) is 5.39. The van der Waals surface area contributed by atoms with Gasteiger partial charge >= 0.3 is 0 Å². The van der Waals surface area contributed by atoms with Gasteiger partial charge in [-0.25, -0.2) is 0 Å². The lowest BCUT2D eigenvalue weighted by atomic mass is 9.78. The summed E-state index contributed by atoms with van der Waals surface area (Å²) < 4.78 is 5.15. The van der Waals surface area contributed by atoms with Gasteiger partial charge in [-0.1, -0.05) is 56.8 Å². The van der Waals surface area contributed by atoms with Crippen LogP contribution in [0.1, 0.15) is 95.0 Å². The number of rotatable bonds is 15. The van der Waals surface area contributed by atoms with Crippen LogP contribution in [0.2, 0.25) is 0 Å². The largest absolute Gasteiger partial charge is 0.380 e. The lowest BCUT2D eigenvalue weighted by molar-refractivity contribution is 0.185. The fraction of sp³-hybridized carbons (Fsp3) is 0.515. The molecule has 5 nitrogen and oxygen atoms in total. The van der Waals surface area contributed by atoms with Gasteiger partial charge in [0.25, 0.3) is 0 Å². The van der Waals surface area contributed by atoms with Gasteiger partial charge in [0.1, 0.15) is 0 Å². The lowest BCUT2D eigenvalue weighted by Gasteiger charge is -2.28. The van der Waals surface area contributed by atoms with Crippen LogP contribution in [0, 0.1) is 0 Å². The Kier molecular flexibility index (Phi) is 14.4. The molecule has 216 valence electrons. The average molecular weight is 553 g/mol. The second kappa shape index (κ2) is 17.2. The molecular weight excluding hydrogens is 500 g/mol. The molecule has 6 heteroatoms. The maximum Gasteiger partial charge on any atom is 0.0919 e. The third-order valence-electron chi connectivity index (χ3n) is 6.54. The van der Waals surface area contributed by atoms with E-state index < -0.39 is 0 Å². The number of methoxy groups -OCH3 is 1. The summed E-state index contributed by atoms with van der Waals surface area (Å²) in [4.78, 5) is 1.37. The maximum atomic E-state index is 5.15. The Bertz CT molecular complexity index is 1030. The zero-order valence-corrected chi connectivity index (χ0v) is 26.1. The molecule has 0 aromatic heterocycles. The normalized spacial score (nSPS) is 13.7. The van der Waals surface area contributed by atoms with Crippen LogP contribution in [-0.4, -0.2) is 24.9 Å². The van der Waals surface area contributed by atoms with Gasteiger partial charge in [0.15, 0.2) is 0 Å². The van der Waals surface area contributed by atoms with Crippen molar-refractivity contribution in [2.24, 2.45) is 0 Å². The summed E-state index contributed by atoms with van der Waals surface area (Å²) in [6, 6.07) is 16.4. The van der Waals surface area contributed by atoms with Crippen molar-refractivity contribution in [1.82, 2.24) is 21.3 Å². The van der Waals surface area contributed by atoms with E-state index in [-0.39, 0.29) is 6.04 Å². The van der Waals surface area contributed by atoms with Crippen LogP contribution in [0.25, 0.3) is 0 Å². The summed E-state index contributed by atoms with van der Waals surface area (Å²) in [5.74, 6) is 3.67. The van der Waals surface area contributed by atoms with E-state index >= 15 is 0 Å². The highest BCUT2D eigenvalue weighted by Crippen LogP contribution is 2.39. The predicted molar refractivity (Wildman–Crippen MR) is 170 cm³/mol. The zero-order valence-electron chi connectivity index (χ0n) is 25.3. The van der Waals surface area contributed by atoms with Gasteiger partial charge in [0.05, 0.1) is 18.2 Å². The highest BCUT2D eigenvalue weighted by molar-refractivity contribution is 7.99. The maximum absolute atomic E-state index is 5.15. The first-order chi connectivity index (χ1) is 18.6. The molecule has 1 fully saturated rings. The Morgan fingerprint density at radius 1 is 0.949 bits per heavy atom. The Hall–Kier alpha value is -2.57. The van der Waals surface area contributed by atoms with E-state index in [1.807, 2.05) is 11.8 Å². The van der Waals surface area contributed by atoms with E-state index in [0.717, 1.165) is 29.9 Å². The molecule has 0 bridgehead atoms. The molecule has 1 aliphatic rings. The number of benzene rings is 2. The first kappa shape index (κ1) is 32.6. The van der Waals surface area contributed by atoms with Gasteiger partial charge in [0, 0.05) is 36.7 Å². The fourth-order valence-corrected chi connectivity index (χ4v) is 5.29. The average Bonchev–Trinajstić information content (AvgIpc) is 2.83. The lowest BCUT2D eigenvalue weighted by Crippen LogP contribution is -2.32. The summed E-state index contributed by atoms with van der Waals surface area (Å²) in [6.07, 6.45) is 4.07. The first-order valence-electron chi connectivity index (χ1n) is 14.4. The predicted octanol–water partition coefficient (Wildman–Crippen LogP) is 7.58. The minimum absolute atomic E-state index is 0.223. The molecule has 1 unspecified atom stereocenters. The van der Waals surface area contributed by atoms with Crippen molar-refractivity contribution in [2.45, 2.75) is 103 Å². The molecule has 2 aromatic carbocycles. The zero-order chi connectivity index (χ0) is 28.8. The van der Waals surface area contributed by atoms with E-state index in [1.54, 1.807) is 7.11 Å². The van der Waals surface area contributed by atoms with Gasteiger partial charge in [-0.05, 0) is 93.5 Å². The fourth-order valence-electron chi connectivity index (χ4n) is 4.56. The summed E-state index contributed by atoms with van der Waals surface area (Å²) >= 11 is 1.91. The molecule has 39 heavy (non-hydrogen) atoms. The molecule has 0 radical (unpaired) electrons. The molecule has 0 spiro atoms. The van der Waals surface area contributed by atoms with Gasteiger partial charge in [0.2, 0.25) is 0 Å². The quantitative estimate of drug-likeness (QED) is 0.171. The van der Waals surface area contributed by atoms with Crippen LogP contribution in [0.4, 0.5) is 0 Å². The van der Waals surface area contributed by atoms with Crippen molar-refractivity contribution in [3.8, 4) is 0 Å². The van der Waals surface area contributed by atoms with Crippen LogP contribution < -0.4 is 21.3 Å². The summed E-state index contributed by atoms with van der Waals surface area (Å²) in [6.45, 7) is 22.3. The highest BCUT2D eigenvalue weighted by atomic mass is 32.2. The Morgan fingerprint density at radius 2 is 1.64 bits per heavy atom. The topological polar surface area (TPSA) is 57.4 Å². The smallest absolute Gasteiger partial charge is 0.0919 e. The molecule has 4 N–H and O–H groups in total. The van der Waals surface area contributed by atoms with Gasteiger partial charge in [-0.2, -0.15) is 0 Å². The minimum atomic E-state index is 0.223. The molecule has 1 aliphatic carbocycles. The van der Waals surface area contributed by atoms with Gasteiger partial charge in [-0.15, -0.1) is 11.8 Å². The minimum Gasteiger partial charge on any atom is -0.380 e. The van der Waals surface area contributed by atoms with Crippen molar-refractivity contribution >= 4 is 11.8 Å². The second-order valence-corrected chi connectivity index (χ2v) is 12.2. The highest BCUT2D eigenvalue weighted by Gasteiger charge is 2.22. The molecule has 1 saturated carbocycles. The number of ether oxygens (including phenoxy) is 1. The van der Waals surface area contributed by atoms with E-state index in [4.69, 9.17) is 4.74 Å². The number of thioether (sulfide) groups is 1. The van der Waals surface area contributed by atoms with Crippen molar-refractivity contribution < 1.29 is 4.74 Å². The van der Waals surface area contributed by atoms with Crippen molar-refractivity contribution in [3.05, 3.63) is 89.5 Å². The van der Waals surface area contributed by atoms with Crippen LogP contribution >= 0.6 is 11.8 Å². The van der Waals surface area contributed by atoms with Crippen molar-refractivity contribution in [3.63, 3.8) is 0 Å². The molecule has 0 heterocycles. The van der Waals surface area contributed by atoms with Crippen LogP contribution in [0.5, 0.6) is 0 Å². The molecule has 0 aliphatic heterocycles. The van der Waals surface area contributed by atoms with E-state index in [0.29, 0.717) is 18.7 Å². The molecule has 3 rings (SSSR count). The van der Waals surface area contributed by atoms with Crippen molar-refractivity contribution in [2.75, 3.05) is 12.9 Å². The summed E-state index contributed by atoms with van der Waals surface area (Å²) in [5, 5.41) is 13.4. The number of hydrogen-bond donors (Lipinski definition) is 4.